The van der Waals surface area contributed by atoms with Crippen molar-refractivity contribution >= 4 is 69.8 Å². The van der Waals surface area contributed by atoms with Crippen LogP contribution in [0.4, 0.5) is 46.7 Å². The summed E-state index contributed by atoms with van der Waals surface area (Å²) in [5.41, 5.74) is 7.61. The van der Waals surface area contributed by atoms with Gasteiger partial charge < -0.3 is 36.1 Å². The van der Waals surface area contributed by atoms with Crippen molar-refractivity contribution in [1.82, 2.24) is 9.97 Å². The molecule has 254 valence electrons. The molecule has 3 aromatic rings. The molecule has 47 heavy (non-hydrogen) atoms. The number of halogens is 5. The van der Waals surface area contributed by atoms with Gasteiger partial charge in [0.15, 0.2) is 0 Å². The number of nitrogens with two attached hydrogens (primary N) is 1. The fraction of sp³-hybridized carbons (Fsp3) is 0.250. The Labute approximate surface area is 276 Å². The average Bonchev–Trinajstić information content (AvgIpc) is 3.03. The maximum atomic E-state index is 13.5. The molecule has 0 fully saturated rings. The molecule has 6 N–H and O–H groups in total. The molecule has 1 aromatic heterocycles. The zero-order valence-electron chi connectivity index (χ0n) is 25.1. The standard InChI is InChI=1S/C26H29Cl2N7O5.C2HF3O2/c1-5-22(37)33-17-10-15(8-9-29)6-7-16(17)32-20-12-21(31-13-30-20)34(2)26(38)35(14-36)25-23(27)18(39-3)11-19(40-4)24(25)28;3-2(4,5)1(6)7/h5-7,10-13,36H,1,8-9,14,29H2,2-4H3,(H,33,37)(H,30,31,32);(H,6,7). The van der Waals surface area contributed by atoms with E-state index in [0.29, 0.717) is 30.2 Å². The number of hydrogen-bond acceptors (Lipinski definition) is 10. The third-order valence-corrected chi connectivity index (χ3v) is 6.67. The second-order valence-corrected chi connectivity index (χ2v) is 9.73. The quantitative estimate of drug-likeness (QED) is 0.136. The normalized spacial score (nSPS) is 10.6. The Morgan fingerprint density at radius 3 is 2.15 bits per heavy atom. The van der Waals surface area contributed by atoms with E-state index in [0.717, 1.165) is 16.5 Å². The molecule has 0 atom stereocenters. The van der Waals surface area contributed by atoms with Crippen LogP contribution in [0.25, 0.3) is 0 Å². The number of amides is 3. The van der Waals surface area contributed by atoms with E-state index in [9.17, 15) is 27.9 Å². The van der Waals surface area contributed by atoms with Crippen LogP contribution in [0.3, 0.4) is 0 Å². The van der Waals surface area contributed by atoms with Gasteiger partial charge in [0, 0.05) is 19.2 Å². The number of urea groups is 1. The molecule has 0 saturated heterocycles. The van der Waals surface area contributed by atoms with E-state index in [-0.39, 0.29) is 33.0 Å². The van der Waals surface area contributed by atoms with Crippen molar-refractivity contribution in [2.75, 3.05) is 55.0 Å². The van der Waals surface area contributed by atoms with Crippen LogP contribution < -0.4 is 35.6 Å². The zero-order valence-corrected chi connectivity index (χ0v) is 26.6. The third kappa shape index (κ3) is 10.1. The van der Waals surface area contributed by atoms with Crippen LogP contribution in [0.2, 0.25) is 10.0 Å². The Bertz CT molecular complexity index is 1590. The van der Waals surface area contributed by atoms with Gasteiger partial charge >= 0.3 is 18.2 Å². The maximum absolute atomic E-state index is 13.5. The first-order valence-corrected chi connectivity index (χ1v) is 13.8. The van der Waals surface area contributed by atoms with Gasteiger partial charge in [0.2, 0.25) is 5.91 Å². The van der Waals surface area contributed by atoms with Crippen LogP contribution in [0, 0.1) is 0 Å². The fourth-order valence-corrected chi connectivity index (χ4v) is 4.37. The Kier molecular flexibility index (Phi) is 14.0. The minimum Gasteiger partial charge on any atom is -0.495 e. The highest BCUT2D eigenvalue weighted by Gasteiger charge is 2.38. The van der Waals surface area contributed by atoms with Gasteiger partial charge in [-0.05, 0) is 36.7 Å². The van der Waals surface area contributed by atoms with Gasteiger partial charge in [-0.3, -0.25) is 14.6 Å². The monoisotopic (exact) mass is 703 g/mol. The molecule has 14 nitrogen and oxygen atoms in total. The van der Waals surface area contributed by atoms with Gasteiger partial charge in [-0.2, -0.15) is 13.2 Å². The number of carbonyl (C=O) groups excluding carboxylic acids is 2. The highest BCUT2D eigenvalue weighted by atomic mass is 35.5. The van der Waals surface area contributed by atoms with Crippen LogP contribution in [-0.2, 0) is 16.0 Å². The number of aromatic nitrogens is 2. The summed E-state index contributed by atoms with van der Waals surface area (Å²) < 4.78 is 42.3. The molecule has 0 radical (unpaired) electrons. The maximum Gasteiger partial charge on any atom is 0.490 e. The van der Waals surface area contributed by atoms with Gasteiger partial charge in [0.25, 0.3) is 0 Å². The minimum atomic E-state index is -5.08. The predicted molar refractivity (Wildman–Crippen MR) is 170 cm³/mol. The van der Waals surface area contributed by atoms with E-state index in [1.807, 2.05) is 6.07 Å². The summed E-state index contributed by atoms with van der Waals surface area (Å²) in [4.78, 5) is 44.9. The van der Waals surface area contributed by atoms with Gasteiger partial charge in [-0.25, -0.2) is 19.6 Å². The molecular weight excluding hydrogens is 674 g/mol. The van der Waals surface area contributed by atoms with E-state index in [4.69, 9.17) is 48.3 Å². The van der Waals surface area contributed by atoms with E-state index >= 15 is 0 Å². The Morgan fingerprint density at radius 1 is 1.06 bits per heavy atom. The number of anilines is 5. The molecule has 0 aliphatic heterocycles. The average molecular weight is 704 g/mol. The molecule has 0 bridgehead atoms. The van der Waals surface area contributed by atoms with Crippen molar-refractivity contribution in [1.29, 1.82) is 0 Å². The number of carboxylic acid groups (broad SMARTS) is 1. The molecular formula is C28H30Cl2F3N7O7. The summed E-state index contributed by atoms with van der Waals surface area (Å²) in [6, 6.07) is 7.70. The number of ether oxygens (including phenoxy) is 2. The summed E-state index contributed by atoms with van der Waals surface area (Å²) in [7, 11) is 4.24. The van der Waals surface area contributed by atoms with Crippen LogP contribution in [0.1, 0.15) is 5.56 Å². The third-order valence-electron chi connectivity index (χ3n) is 5.94. The minimum absolute atomic E-state index is 0.00123. The number of nitrogens with zero attached hydrogens (tertiary/aromatic N) is 4. The molecule has 0 unspecified atom stereocenters. The van der Waals surface area contributed by atoms with E-state index in [1.54, 1.807) is 12.1 Å². The lowest BCUT2D eigenvalue weighted by atomic mass is 10.1. The van der Waals surface area contributed by atoms with E-state index < -0.39 is 30.8 Å². The van der Waals surface area contributed by atoms with Crippen molar-refractivity contribution in [2.24, 2.45) is 5.73 Å². The zero-order chi connectivity index (χ0) is 35.5. The molecule has 1 heterocycles. The summed E-state index contributed by atoms with van der Waals surface area (Å²) >= 11 is 12.9. The van der Waals surface area contributed by atoms with E-state index in [2.05, 4.69) is 27.2 Å². The number of alkyl halides is 3. The first-order valence-electron chi connectivity index (χ1n) is 13.0. The number of methoxy groups -OCH3 is 2. The number of benzene rings is 2. The number of carboxylic acids is 1. The number of aliphatic hydroxyl groups is 1. The Hall–Kier alpha value is -4.84. The van der Waals surface area contributed by atoms with Crippen molar-refractivity contribution in [3.05, 3.63) is 64.9 Å². The molecule has 3 rings (SSSR count). The summed E-state index contributed by atoms with van der Waals surface area (Å²) in [6.07, 6.45) is -2.05. The second kappa shape index (κ2) is 17.2. The predicted octanol–water partition coefficient (Wildman–Crippen LogP) is 4.82. The SMILES string of the molecule is C=CC(=O)Nc1cc(CCN)ccc1Nc1cc(N(C)C(=O)N(CO)c2c(Cl)c(OC)cc(OC)c2Cl)ncn1.O=C(O)C(F)(F)F. The van der Waals surface area contributed by atoms with Gasteiger partial charge in [-0.1, -0.05) is 35.8 Å². The molecule has 0 aliphatic carbocycles. The lowest BCUT2D eigenvalue weighted by Gasteiger charge is -2.28. The van der Waals surface area contributed by atoms with Crippen LogP contribution in [0.15, 0.2) is 49.3 Å². The van der Waals surface area contributed by atoms with Crippen molar-refractivity contribution in [3.63, 3.8) is 0 Å². The number of carbonyl (C=O) groups is 3. The summed E-state index contributed by atoms with van der Waals surface area (Å²) in [5, 5.41) is 23.1. The fourth-order valence-electron chi connectivity index (χ4n) is 3.66. The number of aliphatic hydroxyl groups excluding tert-OH is 1. The number of rotatable bonds is 11. The Balaban J connectivity index is 0.000000984. The van der Waals surface area contributed by atoms with Crippen LogP contribution in [0.5, 0.6) is 11.5 Å². The molecule has 0 aliphatic rings. The van der Waals surface area contributed by atoms with Crippen molar-refractivity contribution < 1.29 is 47.2 Å². The highest BCUT2D eigenvalue weighted by molar-refractivity contribution is 6.42. The Morgan fingerprint density at radius 2 is 1.66 bits per heavy atom. The van der Waals surface area contributed by atoms with E-state index in [1.165, 1.54) is 44.6 Å². The topological polar surface area (TPSA) is 192 Å². The van der Waals surface area contributed by atoms with Gasteiger partial charge in [0.1, 0.15) is 46.2 Å². The van der Waals surface area contributed by atoms with Crippen molar-refractivity contribution in [2.45, 2.75) is 12.6 Å². The smallest absolute Gasteiger partial charge is 0.490 e. The first-order chi connectivity index (χ1) is 22.1. The van der Waals surface area contributed by atoms with Crippen LogP contribution >= 0.6 is 23.2 Å². The van der Waals surface area contributed by atoms with Gasteiger partial charge in [-0.15, -0.1) is 0 Å². The molecule has 0 saturated carbocycles. The molecule has 0 spiro atoms. The van der Waals surface area contributed by atoms with Crippen molar-refractivity contribution in [3.8, 4) is 11.5 Å². The number of hydrogen-bond donors (Lipinski definition) is 5. The summed E-state index contributed by atoms with van der Waals surface area (Å²) in [5.74, 6) is -2.27. The summed E-state index contributed by atoms with van der Waals surface area (Å²) in [6.45, 7) is 3.17. The lowest BCUT2D eigenvalue weighted by molar-refractivity contribution is -0.192. The van der Waals surface area contributed by atoms with Gasteiger partial charge in [0.05, 0.1) is 31.3 Å². The number of aliphatic carboxylic acids is 1. The lowest BCUT2D eigenvalue weighted by Crippen LogP contribution is -2.42. The van der Waals surface area contributed by atoms with Crippen LogP contribution in [-0.4, -0.2) is 78.8 Å². The largest absolute Gasteiger partial charge is 0.495 e. The molecule has 3 amide bonds. The highest BCUT2D eigenvalue weighted by Crippen LogP contribution is 2.46. The number of nitrogens with one attached hydrogen (secondary N) is 2. The second-order valence-electron chi connectivity index (χ2n) is 8.97. The molecule has 19 heteroatoms. The first kappa shape index (κ1) is 38.3. The molecule has 2 aromatic carbocycles.